The summed E-state index contributed by atoms with van der Waals surface area (Å²) in [5.74, 6) is 0. The molecule has 4 rings (SSSR count). The van der Waals surface area contributed by atoms with E-state index in [0.29, 0.717) is 6.04 Å². The predicted molar refractivity (Wildman–Crippen MR) is 74.4 cm³/mol. The normalized spacial score (nSPS) is 25.6. The minimum atomic E-state index is 0.161. The number of fused-ring (bicyclic) bond motifs is 1. The maximum absolute atomic E-state index is 5.72. The topological polar surface area (TPSA) is 34.4 Å². The number of furan rings is 1. The van der Waals surface area contributed by atoms with Crippen molar-refractivity contribution < 1.29 is 9.15 Å². The Morgan fingerprint density at radius 3 is 2.89 bits per heavy atom. The van der Waals surface area contributed by atoms with Crippen LogP contribution >= 0.6 is 0 Å². The third-order valence-corrected chi connectivity index (χ3v) is 4.61. The third kappa shape index (κ3) is 1.80. The molecule has 3 heteroatoms. The molecule has 2 aliphatic heterocycles. The summed E-state index contributed by atoms with van der Waals surface area (Å²) in [6.07, 6.45) is 5.70. The van der Waals surface area contributed by atoms with Crippen LogP contribution in [0.5, 0.6) is 0 Å². The van der Waals surface area contributed by atoms with Gasteiger partial charge in [-0.25, -0.2) is 0 Å². The van der Waals surface area contributed by atoms with Gasteiger partial charge in [-0.05, 0) is 31.9 Å². The Morgan fingerprint density at radius 2 is 2.16 bits per heavy atom. The van der Waals surface area contributed by atoms with Gasteiger partial charge in [0.15, 0.2) is 0 Å². The molecule has 2 aliphatic rings. The molecule has 1 atom stereocenters. The van der Waals surface area contributed by atoms with Crippen molar-refractivity contribution in [2.45, 2.75) is 30.7 Å². The maximum atomic E-state index is 5.72. The lowest BCUT2D eigenvalue weighted by atomic mass is 9.73. The Labute approximate surface area is 112 Å². The number of nitrogens with one attached hydrogen (secondary N) is 1. The zero-order valence-corrected chi connectivity index (χ0v) is 11.0. The Hall–Kier alpha value is -1.32. The molecule has 0 saturated carbocycles. The summed E-state index contributed by atoms with van der Waals surface area (Å²) in [7, 11) is 0. The van der Waals surface area contributed by atoms with E-state index in [2.05, 4.69) is 17.4 Å². The SMILES string of the molecule is c1ccc2c(C3(CC4CCCN4)COC3)coc2c1. The largest absolute Gasteiger partial charge is 0.464 e. The Bertz CT molecular complexity index is 579. The van der Waals surface area contributed by atoms with E-state index in [1.807, 2.05) is 18.4 Å². The summed E-state index contributed by atoms with van der Waals surface area (Å²) < 4.78 is 11.3. The Kier molecular flexibility index (Phi) is 2.64. The van der Waals surface area contributed by atoms with E-state index in [1.54, 1.807) is 0 Å². The van der Waals surface area contributed by atoms with E-state index in [0.717, 1.165) is 31.8 Å². The second-order valence-electron chi connectivity index (χ2n) is 5.92. The van der Waals surface area contributed by atoms with Gasteiger partial charge in [-0.15, -0.1) is 0 Å². The van der Waals surface area contributed by atoms with Crippen LogP contribution in [-0.2, 0) is 10.2 Å². The Balaban J connectivity index is 1.71. The van der Waals surface area contributed by atoms with Crippen LogP contribution in [0.15, 0.2) is 34.9 Å². The van der Waals surface area contributed by atoms with Crippen LogP contribution in [0.25, 0.3) is 11.0 Å². The van der Waals surface area contributed by atoms with Crippen LogP contribution < -0.4 is 5.32 Å². The first-order chi connectivity index (χ1) is 9.37. The second kappa shape index (κ2) is 4.36. The smallest absolute Gasteiger partial charge is 0.134 e. The highest BCUT2D eigenvalue weighted by Gasteiger charge is 2.44. The van der Waals surface area contributed by atoms with Gasteiger partial charge >= 0.3 is 0 Å². The van der Waals surface area contributed by atoms with Gasteiger partial charge in [0.25, 0.3) is 0 Å². The van der Waals surface area contributed by atoms with Gasteiger partial charge in [0.05, 0.1) is 19.5 Å². The van der Waals surface area contributed by atoms with Gasteiger partial charge in [0.2, 0.25) is 0 Å². The van der Waals surface area contributed by atoms with Gasteiger partial charge in [-0.3, -0.25) is 0 Å². The summed E-state index contributed by atoms with van der Waals surface area (Å²) in [5, 5.41) is 4.86. The molecule has 2 fully saturated rings. The summed E-state index contributed by atoms with van der Waals surface area (Å²) in [6, 6.07) is 8.95. The van der Waals surface area contributed by atoms with E-state index in [4.69, 9.17) is 9.15 Å². The lowest BCUT2D eigenvalue weighted by Gasteiger charge is -2.43. The average Bonchev–Trinajstić information content (AvgIpc) is 3.03. The standard InChI is InChI=1S/C16H19NO2/c1-2-6-15-13(5-1)14(9-19-15)16(10-18-11-16)8-12-4-3-7-17-12/h1-2,5-6,9,12,17H,3-4,7-8,10-11H2. The maximum Gasteiger partial charge on any atom is 0.134 e. The van der Waals surface area contributed by atoms with Crippen molar-refractivity contribution in [1.29, 1.82) is 0 Å². The van der Waals surface area contributed by atoms with Gasteiger partial charge in [0, 0.05) is 22.4 Å². The minimum absolute atomic E-state index is 0.161. The molecule has 0 aliphatic carbocycles. The molecule has 2 saturated heterocycles. The highest BCUT2D eigenvalue weighted by molar-refractivity contribution is 5.82. The van der Waals surface area contributed by atoms with Gasteiger partial charge in [-0.2, -0.15) is 0 Å². The molecule has 2 aromatic rings. The fourth-order valence-electron chi connectivity index (χ4n) is 3.52. The number of rotatable bonds is 3. The molecule has 1 aromatic carbocycles. The molecule has 1 aromatic heterocycles. The van der Waals surface area contributed by atoms with E-state index in [9.17, 15) is 0 Å². The molecule has 0 bridgehead atoms. The minimum Gasteiger partial charge on any atom is -0.464 e. The molecular weight excluding hydrogens is 238 g/mol. The first-order valence-electron chi connectivity index (χ1n) is 7.15. The zero-order valence-electron chi connectivity index (χ0n) is 11.0. The van der Waals surface area contributed by atoms with Crippen LogP contribution in [-0.4, -0.2) is 25.8 Å². The molecule has 0 spiro atoms. The first kappa shape index (κ1) is 11.5. The molecule has 0 amide bonds. The molecule has 3 nitrogen and oxygen atoms in total. The quantitative estimate of drug-likeness (QED) is 0.918. The molecule has 1 N–H and O–H groups in total. The first-order valence-corrected chi connectivity index (χ1v) is 7.15. The van der Waals surface area contributed by atoms with Crippen molar-refractivity contribution in [2.75, 3.05) is 19.8 Å². The van der Waals surface area contributed by atoms with Crippen molar-refractivity contribution in [3.8, 4) is 0 Å². The van der Waals surface area contributed by atoms with Crippen LogP contribution in [0.4, 0.5) is 0 Å². The third-order valence-electron chi connectivity index (χ3n) is 4.61. The van der Waals surface area contributed by atoms with Gasteiger partial charge < -0.3 is 14.5 Å². The fraction of sp³-hybridized carbons (Fsp3) is 0.500. The van der Waals surface area contributed by atoms with Crippen molar-refractivity contribution in [1.82, 2.24) is 5.32 Å². The summed E-state index contributed by atoms with van der Waals surface area (Å²) in [5.41, 5.74) is 2.49. The summed E-state index contributed by atoms with van der Waals surface area (Å²) in [4.78, 5) is 0. The van der Waals surface area contributed by atoms with Gasteiger partial charge in [0.1, 0.15) is 5.58 Å². The Morgan fingerprint density at radius 1 is 1.26 bits per heavy atom. The number of hydrogen-bond acceptors (Lipinski definition) is 3. The average molecular weight is 257 g/mol. The molecule has 19 heavy (non-hydrogen) atoms. The molecule has 0 radical (unpaired) electrons. The van der Waals surface area contributed by atoms with E-state index < -0.39 is 0 Å². The van der Waals surface area contributed by atoms with Crippen LogP contribution in [0.3, 0.4) is 0 Å². The highest BCUT2D eigenvalue weighted by Crippen LogP contribution is 2.42. The number of hydrogen-bond donors (Lipinski definition) is 1. The zero-order chi connectivity index (χ0) is 12.7. The molecule has 100 valence electrons. The van der Waals surface area contributed by atoms with Crippen molar-refractivity contribution in [2.24, 2.45) is 0 Å². The lowest BCUT2D eigenvalue weighted by Crippen LogP contribution is -2.50. The number of benzene rings is 1. The van der Waals surface area contributed by atoms with E-state index >= 15 is 0 Å². The predicted octanol–water partition coefficient (Wildman–Crippen LogP) is 2.84. The van der Waals surface area contributed by atoms with Crippen molar-refractivity contribution in [3.05, 3.63) is 36.1 Å². The van der Waals surface area contributed by atoms with Crippen molar-refractivity contribution >= 4 is 11.0 Å². The summed E-state index contributed by atoms with van der Waals surface area (Å²) in [6.45, 7) is 2.82. The molecular formula is C16H19NO2. The number of para-hydroxylation sites is 1. The fourth-order valence-corrected chi connectivity index (χ4v) is 3.52. The van der Waals surface area contributed by atoms with Crippen LogP contribution in [0.1, 0.15) is 24.8 Å². The second-order valence-corrected chi connectivity index (χ2v) is 5.92. The molecule has 3 heterocycles. The number of ether oxygens (including phenoxy) is 1. The molecule has 1 unspecified atom stereocenters. The van der Waals surface area contributed by atoms with E-state index in [-0.39, 0.29) is 5.41 Å². The summed E-state index contributed by atoms with van der Waals surface area (Å²) >= 11 is 0. The van der Waals surface area contributed by atoms with Crippen LogP contribution in [0.2, 0.25) is 0 Å². The lowest BCUT2D eigenvalue weighted by molar-refractivity contribution is -0.0675. The highest BCUT2D eigenvalue weighted by atomic mass is 16.5. The van der Waals surface area contributed by atoms with E-state index in [1.165, 1.54) is 23.8 Å². The van der Waals surface area contributed by atoms with Gasteiger partial charge in [-0.1, -0.05) is 18.2 Å². The monoisotopic (exact) mass is 257 g/mol. The van der Waals surface area contributed by atoms with Crippen molar-refractivity contribution in [3.63, 3.8) is 0 Å². The van der Waals surface area contributed by atoms with Crippen LogP contribution in [0, 0.1) is 0 Å².